The molecule has 4 nitrogen and oxygen atoms in total. The Balaban J connectivity index is 2.18. The van der Waals surface area contributed by atoms with Crippen LogP contribution in [0.5, 0.6) is 5.75 Å². The monoisotopic (exact) mass is 280 g/mol. The van der Waals surface area contributed by atoms with Crippen molar-refractivity contribution in [3.05, 3.63) is 46.2 Å². The number of ether oxygens (including phenoxy) is 1. The second kappa shape index (κ2) is 6.08. The number of aryl methyl sites for hydroxylation is 2. The first kappa shape index (κ1) is 13.9. The van der Waals surface area contributed by atoms with Crippen LogP contribution in [-0.4, -0.2) is 14.9 Å². The van der Waals surface area contributed by atoms with Gasteiger partial charge in [0.1, 0.15) is 12.4 Å². The smallest absolute Gasteiger partial charge is 0.143 e. The van der Waals surface area contributed by atoms with Gasteiger partial charge in [-0.2, -0.15) is 5.10 Å². The molecule has 1 aromatic heterocycles. The molecule has 0 amide bonds. The number of hydrogen-bond donors (Lipinski definition) is 1. The van der Waals surface area contributed by atoms with Crippen molar-refractivity contribution >= 4 is 11.6 Å². The van der Waals surface area contributed by atoms with Crippen molar-refractivity contribution in [1.29, 1.82) is 0 Å². The fourth-order valence-corrected chi connectivity index (χ4v) is 2.22. The molecule has 0 aliphatic rings. The van der Waals surface area contributed by atoms with Gasteiger partial charge in [-0.3, -0.25) is 4.68 Å². The van der Waals surface area contributed by atoms with Gasteiger partial charge in [-0.1, -0.05) is 23.7 Å². The molecule has 0 atom stereocenters. The fraction of sp³-hybridized carbons (Fsp3) is 0.357. The zero-order valence-corrected chi connectivity index (χ0v) is 11.8. The van der Waals surface area contributed by atoms with Gasteiger partial charge < -0.3 is 9.84 Å². The standard InChI is InChI=1S/C14H17ClN2O2/c1-3-17-12(7-10(2)16-17)9-19-14-11(8-18)5-4-6-13(14)15/h4-7,18H,3,8-9H2,1-2H3. The lowest BCUT2D eigenvalue weighted by Crippen LogP contribution is -2.07. The number of hydrogen-bond acceptors (Lipinski definition) is 3. The molecule has 19 heavy (non-hydrogen) atoms. The lowest BCUT2D eigenvalue weighted by Gasteiger charge is -2.12. The van der Waals surface area contributed by atoms with Crippen LogP contribution in [0.4, 0.5) is 0 Å². The summed E-state index contributed by atoms with van der Waals surface area (Å²) in [7, 11) is 0. The van der Waals surface area contributed by atoms with Crippen molar-refractivity contribution in [3.63, 3.8) is 0 Å². The Labute approximate surface area is 117 Å². The van der Waals surface area contributed by atoms with E-state index in [0.29, 0.717) is 22.9 Å². The van der Waals surface area contributed by atoms with Gasteiger partial charge in [-0.25, -0.2) is 0 Å². The highest BCUT2D eigenvalue weighted by Crippen LogP contribution is 2.29. The molecule has 0 saturated carbocycles. The quantitative estimate of drug-likeness (QED) is 0.916. The summed E-state index contributed by atoms with van der Waals surface area (Å²) in [4.78, 5) is 0. The zero-order chi connectivity index (χ0) is 13.8. The number of aliphatic hydroxyl groups is 1. The summed E-state index contributed by atoms with van der Waals surface area (Å²) in [5.74, 6) is 0.535. The fourth-order valence-electron chi connectivity index (χ4n) is 1.97. The largest absolute Gasteiger partial charge is 0.485 e. The molecule has 0 spiro atoms. The number of halogens is 1. The van der Waals surface area contributed by atoms with Crippen molar-refractivity contribution in [2.45, 2.75) is 33.6 Å². The van der Waals surface area contributed by atoms with Crippen LogP contribution in [0.2, 0.25) is 5.02 Å². The Morgan fingerprint density at radius 1 is 1.42 bits per heavy atom. The first-order chi connectivity index (χ1) is 9.15. The average molecular weight is 281 g/mol. The molecule has 0 aliphatic carbocycles. The maximum Gasteiger partial charge on any atom is 0.143 e. The van der Waals surface area contributed by atoms with Crippen molar-refractivity contribution in [2.75, 3.05) is 0 Å². The van der Waals surface area contributed by atoms with Crippen molar-refractivity contribution in [3.8, 4) is 5.75 Å². The maximum atomic E-state index is 9.29. The lowest BCUT2D eigenvalue weighted by atomic mass is 10.2. The summed E-state index contributed by atoms with van der Waals surface area (Å²) < 4.78 is 7.64. The van der Waals surface area contributed by atoms with Crippen LogP contribution in [-0.2, 0) is 19.8 Å². The average Bonchev–Trinajstić information content (AvgIpc) is 2.77. The predicted molar refractivity (Wildman–Crippen MR) is 74.3 cm³/mol. The Hall–Kier alpha value is -1.52. The molecule has 5 heteroatoms. The van der Waals surface area contributed by atoms with Gasteiger partial charge >= 0.3 is 0 Å². The van der Waals surface area contributed by atoms with Crippen molar-refractivity contribution < 1.29 is 9.84 Å². The number of aromatic nitrogens is 2. The topological polar surface area (TPSA) is 47.3 Å². The normalized spacial score (nSPS) is 10.7. The third-order valence-electron chi connectivity index (χ3n) is 2.87. The Morgan fingerprint density at radius 2 is 2.21 bits per heavy atom. The van der Waals surface area contributed by atoms with E-state index in [1.807, 2.05) is 24.6 Å². The minimum absolute atomic E-state index is 0.0953. The van der Waals surface area contributed by atoms with E-state index >= 15 is 0 Å². The second-order valence-corrected chi connectivity index (χ2v) is 4.67. The summed E-state index contributed by atoms with van der Waals surface area (Å²) >= 11 is 6.09. The van der Waals surface area contributed by atoms with Crippen LogP contribution < -0.4 is 4.74 Å². The maximum absolute atomic E-state index is 9.29. The third-order valence-corrected chi connectivity index (χ3v) is 3.17. The highest BCUT2D eigenvalue weighted by Gasteiger charge is 2.10. The highest BCUT2D eigenvalue weighted by molar-refractivity contribution is 6.32. The van der Waals surface area contributed by atoms with E-state index in [1.54, 1.807) is 18.2 Å². The number of nitrogens with zero attached hydrogens (tertiary/aromatic N) is 2. The molecule has 1 N–H and O–H groups in total. The molecule has 102 valence electrons. The molecular formula is C14H17ClN2O2. The second-order valence-electron chi connectivity index (χ2n) is 4.27. The van der Waals surface area contributed by atoms with Crippen LogP contribution in [0.25, 0.3) is 0 Å². The highest BCUT2D eigenvalue weighted by atomic mass is 35.5. The Kier molecular flexibility index (Phi) is 4.45. The molecule has 0 bridgehead atoms. The van der Waals surface area contributed by atoms with Gasteiger partial charge in [0.05, 0.1) is 23.0 Å². The van der Waals surface area contributed by atoms with Gasteiger partial charge in [0, 0.05) is 12.1 Å². The van der Waals surface area contributed by atoms with Crippen LogP contribution in [0.3, 0.4) is 0 Å². The predicted octanol–water partition coefficient (Wildman–Crippen LogP) is 2.94. The number of para-hydroxylation sites is 1. The van der Waals surface area contributed by atoms with E-state index in [1.165, 1.54) is 0 Å². The molecule has 0 aliphatic heterocycles. The minimum Gasteiger partial charge on any atom is -0.485 e. The van der Waals surface area contributed by atoms with Crippen molar-refractivity contribution in [1.82, 2.24) is 9.78 Å². The summed E-state index contributed by atoms with van der Waals surface area (Å²) in [6.07, 6.45) is 0. The van der Waals surface area contributed by atoms with E-state index in [-0.39, 0.29) is 6.61 Å². The van der Waals surface area contributed by atoms with E-state index < -0.39 is 0 Å². The summed E-state index contributed by atoms with van der Waals surface area (Å²) in [5, 5.41) is 14.2. The van der Waals surface area contributed by atoms with E-state index in [2.05, 4.69) is 5.10 Å². The molecule has 1 aromatic carbocycles. The summed E-state index contributed by atoms with van der Waals surface area (Å²) in [6.45, 7) is 5.06. The molecular weight excluding hydrogens is 264 g/mol. The van der Waals surface area contributed by atoms with Gasteiger partial charge in [0.2, 0.25) is 0 Å². The van der Waals surface area contributed by atoms with E-state index in [9.17, 15) is 5.11 Å². The Morgan fingerprint density at radius 3 is 2.89 bits per heavy atom. The van der Waals surface area contributed by atoms with Gasteiger partial charge in [0.15, 0.2) is 0 Å². The molecule has 0 fully saturated rings. The van der Waals surface area contributed by atoms with Crippen LogP contribution >= 0.6 is 11.6 Å². The third kappa shape index (κ3) is 3.08. The van der Waals surface area contributed by atoms with Gasteiger partial charge in [0.25, 0.3) is 0 Å². The number of benzene rings is 1. The van der Waals surface area contributed by atoms with Crippen LogP contribution in [0, 0.1) is 6.92 Å². The van der Waals surface area contributed by atoms with E-state index in [0.717, 1.165) is 17.9 Å². The lowest BCUT2D eigenvalue weighted by molar-refractivity contribution is 0.255. The number of rotatable bonds is 5. The first-order valence-electron chi connectivity index (χ1n) is 6.20. The van der Waals surface area contributed by atoms with E-state index in [4.69, 9.17) is 16.3 Å². The molecule has 0 unspecified atom stereocenters. The first-order valence-corrected chi connectivity index (χ1v) is 6.57. The summed E-state index contributed by atoms with van der Waals surface area (Å²) in [6, 6.07) is 7.32. The molecule has 0 saturated heterocycles. The summed E-state index contributed by atoms with van der Waals surface area (Å²) in [5.41, 5.74) is 2.64. The van der Waals surface area contributed by atoms with Crippen LogP contribution in [0.15, 0.2) is 24.3 Å². The molecule has 2 rings (SSSR count). The zero-order valence-electron chi connectivity index (χ0n) is 11.1. The SMILES string of the molecule is CCn1nc(C)cc1COc1c(Cl)cccc1CO. The molecule has 2 aromatic rings. The molecule has 1 heterocycles. The van der Waals surface area contributed by atoms with Gasteiger partial charge in [-0.05, 0) is 26.0 Å². The number of aliphatic hydroxyl groups excluding tert-OH is 1. The van der Waals surface area contributed by atoms with Crippen molar-refractivity contribution in [2.24, 2.45) is 0 Å². The Bertz CT molecular complexity index is 567. The van der Waals surface area contributed by atoms with Gasteiger partial charge in [-0.15, -0.1) is 0 Å². The van der Waals surface area contributed by atoms with Crippen LogP contribution in [0.1, 0.15) is 23.9 Å². The minimum atomic E-state index is -0.0953. The molecule has 0 radical (unpaired) electrons.